The number of hydrogen-bond acceptors (Lipinski definition) is 9. The summed E-state index contributed by atoms with van der Waals surface area (Å²) < 4.78 is 46.4. The van der Waals surface area contributed by atoms with Gasteiger partial charge >= 0.3 is 6.18 Å². The molecule has 0 unspecified atom stereocenters. The fourth-order valence-electron chi connectivity index (χ4n) is 2.79. The van der Waals surface area contributed by atoms with Gasteiger partial charge in [0.05, 0.1) is 24.5 Å². The summed E-state index contributed by atoms with van der Waals surface area (Å²) in [6.07, 6.45) is -1.84. The zero-order valence-electron chi connectivity index (χ0n) is 15.3. The highest BCUT2D eigenvalue weighted by Gasteiger charge is 2.37. The fraction of sp³-hybridized carbons (Fsp3) is 0.375. The van der Waals surface area contributed by atoms with Gasteiger partial charge in [-0.2, -0.15) is 37.9 Å². The predicted octanol–water partition coefficient (Wildman–Crippen LogP) is 1.26. The molecule has 4 heterocycles. The average Bonchev–Trinajstić information content (AvgIpc) is 3.11. The van der Waals surface area contributed by atoms with Crippen molar-refractivity contribution in [2.45, 2.75) is 13.1 Å². The number of halogens is 3. The van der Waals surface area contributed by atoms with Crippen molar-refractivity contribution >= 4 is 11.9 Å². The van der Waals surface area contributed by atoms with Crippen molar-refractivity contribution < 1.29 is 17.9 Å². The first-order valence-electron chi connectivity index (χ1n) is 8.62. The maximum atomic E-state index is 13.5. The van der Waals surface area contributed by atoms with Crippen LogP contribution in [0.5, 0.6) is 0 Å². The molecule has 3 aromatic heterocycles. The van der Waals surface area contributed by atoms with Crippen LogP contribution in [0.3, 0.4) is 0 Å². The van der Waals surface area contributed by atoms with Crippen molar-refractivity contribution in [3.63, 3.8) is 0 Å². The molecule has 0 aliphatic carbocycles. The van der Waals surface area contributed by atoms with E-state index in [2.05, 4.69) is 30.0 Å². The zero-order valence-corrected chi connectivity index (χ0v) is 15.3. The minimum Gasteiger partial charge on any atom is -0.378 e. The van der Waals surface area contributed by atoms with Crippen molar-refractivity contribution in [2.24, 2.45) is 0 Å². The standard InChI is InChI=1S/C16H16F3N9O/c1-9-6-11(16(17,18)19)28(26-9)15-24-12(10-7-21-13(20)22-8-10)23-14(25-15)27-2-4-29-5-3-27/h6-8H,2-5H2,1H3,(H2,20,21,22). The van der Waals surface area contributed by atoms with Crippen LogP contribution in [-0.4, -0.2) is 61.0 Å². The maximum absolute atomic E-state index is 13.5. The number of hydrogen-bond donors (Lipinski definition) is 1. The van der Waals surface area contributed by atoms with Gasteiger partial charge < -0.3 is 15.4 Å². The van der Waals surface area contributed by atoms with Gasteiger partial charge in [0, 0.05) is 25.5 Å². The quantitative estimate of drug-likeness (QED) is 0.684. The SMILES string of the molecule is Cc1cc(C(F)(F)F)n(-c2nc(-c3cnc(N)nc3)nc(N3CCOCC3)n2)n1. The molecule has 1 aliphatic rings. The second-order valence-electron chi connectivity index (χ2n) is 6.27. The van der Waals surface area contributed by atoms with E-state index in [1.54, 1.807) is 4.90 Å². The van der Waals surface area contributed by atoms with Crippen LogP contribution in [0.25, 0.3) is 17.3 Å². The largest absolute Gasteiger partial charge is 0.433 e. The lowest BCUT2D eigenvalue weighted by molar-refractivity contribution is -0.142. The van der Waals surface area contributed by atoms with Gasteiger partial charge in [-0.3, -0.25) is 0 Å². The van der Waals surface area contributed by atoms with E-state index in [1.807, 2.05) is 0 Å². The molecule has 1 fully saturated rings. The van der Waals surface area contributed by atoms with E-state index in [0.717, 1.165) is 6.07 Å². The van der Waals surface area contributed by atoms with E-state index in [9.17, 15) is 13.2 Å². The van der Waals surface area contributed by atoms with Crippen molar-refractivity contribution in [3.8, 4) is 17.3 Å². The highest BCUT2D eigenvalue weighted by molar-refractivity contribution is 5.55. The summed E-state index contributed by atoms with van der Waals surface area (Å²) in [6.45, 7) is 3.35. The van der Waals surface area contributed by atoms with Crippen LogP contribution in [0.15, 0.2) is 18.5 Å². The molecular weight excluding hydrogens is 391 g/mol. The Morgan fingerprint density at radius 3 is 2.34 bits per heavy atom. The molecule has 0 saturated carbocycles. The molecule has 152 valence electrons. The summed E-state index contributed by atoms with van der Waals surface area (Å²) in [7, 11) is 0. The van der Waals surface area contributed by atoms with E-state index in [0.29, 0.717) is 36.5 Å². The molecule has 13 heteroatoms. The third-order valence-corrected chi connectivity index (χ3v) is 4.15. The van der Waals surface area contributed by atoms with Gasteiger partial charge in [0.15, 0.2) is 11.5 Å². The van der Waals surface area contributed by atoms with Gasteiger partial charge in [0.2, 0.25) is 11.9 Å². The van der Waals surface area contributed by atoms with E-state index < -0.39 is 11.9 Å². The first-order chi connectivity index (χ1) is 13.8. The van der Waals surface area contributed by atoms with Crippen LogP contribution in [0.4, 0.5) is 25.1 Å². The summed E-state index contributed by atoms with van der Waals surface area (Å²) in [4.78, 5) is 22.4. The lowest BCUT2D eigenvalue weighted by Crippen LogP contribution is -2.37. The molecule has 0 atom stereocenters. The van der Waals surface area contributed by atoms with Gasteiger partial charge in [0.1, 0.15) is 0 Å². The molecule has 1 aliphatic heterocycles. The Morgan fingerprint density at radius 2 is 1.69 bits per heavy atom. The van der Waals surface area contributed by atoms with E-state index in [-0.39, 0.29) is 29.4 Å². The maximum Gasteiger partial charge on any atom is 0.433 e. The molecule has 3 aromatic rings. The summed E-state index contributed by atoms with van der Waals surface area (Å²) in [5.41, 5.74) is 5.10. The van der Waals surface area contributed by atoms with Crippen LogP contribution >= 0.6 is 0 Å². The summed E-state index contributed by atoms with van der Waals surface area (Å²) in [5, 5.41) is 3.93. The Hall–Kier alpha value is -3.35. The number of aromatic nitrogens is 7. The third-order valence-electron chi connectivity index (χ3n) is 4.15. The first kappa shape index (κ1) is 19.0. The van der Waals surface area contributed by atoms with E-state index >= 15 is 0 Å². The Morgan fingerprint density at radius 1 is 1.03 bits per heavy atom. The number of alkyl halides is 3. The molecule has 0 radical (unpaired) electrons. The lowest BCUT2D eigenvalue weighted by Gasteiger charge is -2.27. The molecule has 0 bridgehead atoms. The summed E-state index contributed by atoms with van der Waals surface area (Å²) in [6, 6.07) is 0.935. The highest BCUT2D eigenvalue weighted by atomic mass is 19.4. The topological polar surface area (TPSA) is 121 Å². The van der Waals surface area contributed by atoms with Gasteiger partial charge in [-0.05, 0) is 13.0 Å². The molecule has 10 nitrogen and oxygen atoms in total. The third kappa shape index (κ3) is 3.94. The van der Waals surface area contributed by atoms with Crippen LogP contribution in [0.1, 0.15) is 11.4 Å². The van der Waals surface area contributed by atoms with Crippen LogP contribution in [0, 0.1) is 6.92 Å². The molecule has 4 rings (SSSR count). The molecule has 0 aromatic carbocycles. The normalized spacial score (nSPS) is 15.0. The van der Waals surface area contributed by atoms with Crippen LogP contribution in [-0.2, 0) is 10.9 Å². The average molecular weight is 407 g/mol. The molecule has 29 heavy (non-hydrogen) atoms. The number of anilines is 2. The summed E-state index contributed by atoms with van der Waals surface area (Å²) in [5.74, 6) is 0.122. The summed E-state index contributed by atoms with van der Waals surface area (Å²) >= 11 is 0. The van der Waals surface area contributed by atoms with Crippen molar-refractivity contribution in [1.29, 1.82) is 0 Å². The second-order valence-corrected chi connectivity index (χ2v) is 6.27. The number of ether oxygens (including phenoxy) is 1. The van der Waals surface area contributed by atoms with Gasteiger partial charge in [0.25, 0.3) is 5.95 Å². The van der Waals surface area contributed by atoms with Crippen LogP contribution in [0.2, 0.25) is 0 Å². The Kier molecular flexibility index (Phi) is 4.74. The Balaban J connectivity index is 1.87. The zero-order chi connectivity index (χ0) is 20.6. The Bertz CT molecular complexity index is 1010. The minimum atomic E-state index is -4.63. The molecule has 0 spiro atoms. The van der Waals surface area contributed by atoms with E-state index in [4.69, 9.17) is 10.5 Å². The lowest BCUT2D eigenvalue weighted by atomic mass is 10.3. The second kappa shape index (κ2) is 7.24. The van der Waals surface area contributed by atoms with Crippen molar-refractivity contribution in [2.75, 3.05) is 36.9 Å². The molecule has 2 N–H and O–H groups in total. The number of morpholine rings is 1. The van der Waals surface area contributed by atoms with Gasteiger partial charge in [-0.15, -0.1) is 0 Å². The van der Waals surface area contributed by atoms with Gasteiger partial charge in [-0.25, -0.2) is 9.97 Å². The predicted molar refractivity (Wildman–Crippen MR) is 95.2 cm³/mol. The van der Waals surface area contributed by atoms with Crippen molar-refractivity contribution in [3.05, 3.63) is 29.8 Å². The smallest absolute Gasteiger partial charge is 0.378 e. The number of aryl methyl sites for hydroxylation is 1. The first-order valence-corrected chi connectivity index (χ1v) is 8.62. The fourth-order valence-corrected chi connectivity index (χ4v) is 2.79. The Labute approximate surface area is 162 Å². The van der Waals surface area contributed by atoms with Crippen LogP contribution < -0.4 is 10.6 Å². The number of nitrogen functional groups attached to an aromatic ring is 1. The van der Waals surface area contributed by atoms with Gasteiger partial charge in [-0.1, -0.05) is 0 Å². The van der Waals surface area contributed by atoms with Crippen molar-refractivity contribution in [1.82, 2.24) is 34.7 Å². The number of rotatable bonds is 3. The van der Waals surface area contributed by atoms with E-state index in [1.165, 1.54) is 19.3 Å². The number of nitrogens with zero attached hydrogens (tertiary/aromatic N) is 8. The molecular formula is C16H16F3N9O. The number of nitrogens with two attached hydrogens (primary N) is 1. The monoisotopic (exact) mass is 407 g/mol. The molecule has 0 amide bonds. The molecule has 1 saturated heterocycles. The minimum absolute atomic E-state index is 0.0542. The highest BCUT2D eigenvalue weighted by Crippen LogP contribution is 2.31.